The van der Waals surface area contributed by atoms with Gasteiger partial charge >= 0.3 is 5.97 Å². The van der Waals surface area contributed by atoms with E-state index in [-0.39, 0.29) is 35.5 Å². The Morgan fingerprint density at radius 2 is 1.81 bits per heavy atom. The molecule has 1 unspecified atom stereocenters. The maximum atomic E-state index is 12.1. The fourth-order valence-corrected chi connectivity index (χ4v) is 2.97. The van der Waals surface area contributed by atoms with Crippen molar-refractivity contribution in [2.75, 3.05) is 39.9 Å². The molecular formula is C16H32BrNO3. The molecule has 0 aromatic heterocycles. The number of hydrogen-bond acceptors (Lipinski definition) is 3. The maximum absolute atomic E-state index is 12.1. The summed E-state index contributed by atoms with van der Waals surface area (Å²) >= 11 is 0. The molecule has 4 nitrogen and oxygen atoms in total. The first-order valence-electron chi connectivity index (χ1n) is 8.17. The van der Waals surface area contributed by atoms with Gasteiger partial charge in [-0.25, -0.2) is 0 Å². The van der Waals surface area contributed by atoms with Gasteiger partial charge in [0.25, 0.3) is 0 Å². The van der Waals surface area contributed by atoms with Crippen LogP contribution in [0.4, 0.5) is 0 Å². The van der Waals surface area contributed by atoms with Gasteiger partial charge in [-0.3, -0.25) is 4.79 Å². The highest BCUT2D eigenvalue weighted by molar-refractivity contribution is 5.72. The summed E-state index contributed by atoms with van der Waals surface area (Å²) < 4.78 is 6.35. The molecule has 0 heterocycles. The standard InChI is InChI=1S/C16H32NO3.BrH/c1-4-17(3,5-2)11-12-20-16(19)15(13-18)14-9-7-6-8-10-14;/h14-15,18H,4-13H2,1-3H3;1H/q+1;/p-1. The number of carbonyl (C=O) groups excluding carboxylic acids is 1. The monoisotopic (exact) mass is 365 g/mol. The largest absolute Gasteiger partial charge is 1.00 e. The Hall–Kier alpha value is -0.130. The summed E-state index contributed by atoms with van der Waals surface area (Å²) in [6.45, 7) is 7.63. The highest BCUT2D eigenvalue weighted by Gasteiger charge is 2.30. The van der Waals surface area contributed by atoms with E-state index in [0.29, 0.717) is 12.5 Å². The van der Waals surface area contributed by atoms with Crippen LogP contribution in [-0.2, 0) is 9.53 Å². The normalized spacial score (nSPS) is 17.9. The van der Waals surface area contributed by atoms with Gasteiger partial charge in [-0.2, -0.15) is 0 Å². The zero-order valence-corrected chi connectivity index (χ0v) is 15.4. The lowest BCUT2D eigenvalue weighted by Crippen LogP contribution is -3.00. The lowest BCUT2D eigenvalue weighted by Gasteiger charge is -2.32. The fourth-order valence-electron chi connectivity index (χ4n) is 2.97. The first-order chi connectivity index (χ1) is 9.56. The van der Waals surface area contributed by atoms with Gasteiger partial charge in [0.15, 0.2) is 0 Å². The third-order valence-corrected chi connectivity index (χ3v) is 5.12. The van der Waals surface area contributed by atoms with Crippen molar-refractivity contribution >= 4 is 5.97 Å². The summed E-state index contributed by atoms with van der Waals surface area (Å²) in [5, 5.41) is 9.50. The van der Waals surface area contributed by atoms with Gasteiger partial charge in [0.05, 0.1) is 32.7 Å². The number of aliphatic hydroxyl groups is 1. The van der Waals surface area contributed by atoms with Crippen LogP contribution >= 0.6 is 0 Å². The van der Waals surface area contributed by atoms with Gasteiger partial charge in [-0.1, -0.05) is 19.3 Å². The lowest BCUT2D eigenvalue weighted by atomic mass is 9.80. The fraction of sp³-hybridized carbons (Fsp3) is 0.938. The highest BCUT2D eigenvalue weighted by atomic mass is 79.9. The number of aliphatic hydroxyl groups excluding tert-OH is 1. The van der Waals surface area contributed by atoms with Crippen molar-refractivity contribution in [2.45, 2.75) is 46.0 Å². The molecule has 21 heavy (non-hydrogen) atoms. The van der Waals surface area contributed by atoms with Crippen LogP contribution in [0.15, 0.2) is 0 Å². The van der Waals surface area contributed by atoms with Crippen molar-refractivity contribution in [3.8, 4) is 0 Å². The van der Waals surface area contributed by atoms with Crippen molar-refractivity contribution in [2.24, 2.45) is 11.8 Å². The Morgan fingerprint density at radius 3 is 2.29 bits per heavy atom. The van der Waals surface area contributed by atoms with E-state index in [1.165, 1.54) is 19.3 Å². The number of quaternary nitrogens is 1. The topological polar surface area (TPSA) is 46.5 Å². The molecule has 0 spiro atoms. The second-order valence-corrected chi connectivity index (χ2v) is 6.33. The van der Waals surface area contributed by atoms with Gasteiger partial charge < -0.3 is 31.3 Å². The SMILES string of the molecule is CC[N+](C)(CC)CCOC(=O)C(CO)C1CCCCC1.[Br-]. The van der Waals surface area contributed by atoms with Gasteiger partial charge in [0, 0.05) is 0 Å². The van der Waals surface area contributed by atoms with Crippen LogP contribution < -0.4 is 17.0 Å². The second kappa shape index (κ2) is 10.6. The minimum atomic E-state index is -0.308. The van der Waals surface area contributed by atoms with Gasteiger partial charge in [0.1, 0.15) is 13.2 Å². The molecule has 0 amide bonds. The van der Waals surface area contributed by atoms with Crippen molar-refractivity contribution < 1.29 is 36.1 Å². The van der Waals surface area contributed by atoms with E-state index >= 15 is 0 Å². The highest BCUT2D eigenvalue weighted by Crippen LogP contribution is 2.30. The van der Waals surface area contributed by atoms with Crippen LogP contribution in [0.1, 0.15) is 46.0 Å². The number of carbonyl (C=O) groups is 1. The molecule has 1 atom stereocenters. The Kier molecular flexibility index (Phi) is 10.5. The van der Waals surface area contributed by atoms with Gasteiger partial charge in [-0.15, -0.1) is 0 Å². The number of halogens is 1. The van der Waals surface area contributed by atoms with Gasteiger partial charge in [0.2, 0.25) is 0 Å². The first kappa shape index (κ1) is 20.9. The van der Waals surface area contributed by atoms with Crippen LogP contribution in [0, 0.1) is 11.8 Å². The molecule has 1 aliphatic rings. The average molecular weight is 366 g/mol. The number of hydrogen-bond donors (Lipinski definition) is 1. The molecule has 0 aromatic rings. The zero-order chi connectivity index (χ0) is 15.0. The molecular weight excluding hydrogens is 334 g/mol. The summed E-state index contributed by atoms with van der Waals surface area (Å²) in [6.07, 6.45) is 5.72. The smallest absolute Gasteiger partial charge is 0.311 e. The summed E-state index contributed by atoms with van der Waals surface area (Å²) in [7, 11) is 2.18. The molecule has 0 aromatic carbocycles. The average Bonchev–Trinajstić information content (AvgIpc) is 2.49. The van der Waals surface area contributed by atoms with Crippen molar-refractivity contribution in [1.82, 2.24) is 0 Å². The molecule has 0 saturated heterocycles. The second-order valence-electron chi connectivity index (χ2n) is 6.33. The summed E-state index contributed by atoms with van der Waals surface area (Å²) in [4.78, 5) is 12.1. The van der Waals surface area contributed by atoms with Crippen LogP contribution in [0.25, 0.3) is 0 Å². The van der Waals surface area contributed by atoms with E-state index in [1.54, 1.807) is 0 Å². The number of esters is 1. The molecule has 5 heteroatoms. The molecule has 1 saturated carbocycles. The molecule has 0 aliphatic heterocycles. The molecule has 1 fully saturated rings. The third-order valence-electron chi connectivity index (χ3n) is 5.12. The third kappa shape index (κ3) is 6.66. The minimum Gasteiger partial charge on any atom is -1.00 e. The number of ether oxygens (including phenoxy) is 1. The Labute approximate surface area is 140 Å². The molecule has 126 valence electrons. The Balaban J connectivity index is 0.00000400. The zero-order valence-electron chi connectivity index (χ0n) is 13.8. The lowest BCUT2D eigenvalue weighted by molar-refractivity contribution is -0.906. The maximum Gasteiger partial charge on any atom is 0.311 e. The van der Waals surface area contributed by atoms with Crippen LogP contribution in [-0.4, -0.2) is 55.5 Å². The minimum absolute atomic E-state index is 0. The van der Waals surface area contributed by atoms with E-state index in [0.717, 1.165) is 37.0 Å². The molecule has 0 bridgehead atoms. The van der Waals surface area contributed by atoms with Crippen LogP contribution in [0.3, 0.4) is 0 Å². The van der Waals surface area contributed by atoms with E-state index in [1.807, 2.05) is 0 Å². The Morgan fingerprint density at radius 1 is 1.24 bits per heavy atom. The molecule has 1 rings (SSSR count). The van der Waals surface area contributed by atoms with Gasteiger partial charge in [-0.05, 0) is 32.6 Å². The van der Waals surface area contributed by atoms with E-state index in [2.05, 4.69) is 20.9 Å². The molecule has 1 aliphatic carbocycles. The van der Waals surface area contributed by atoms with Crippen molar-refractivity contribution in [3.63, 3.8) is 0 Å². The van der Waals surface area contributed by atoms with Crippen LogP contribution in [0.2, 0.25) is 0 Å². The number of rotatable bonds is 8. The number of nitrogens with zero attached hydrogens (tertiary/aromatic N) is 1. The summed E-state index contributed by atoms with van der Waals surface area (Å²) in [6, 6.07) is 0. The number of likely N-dealkylation sites (N-methyl/N-ethyl adjacent to an activating group) is 1. The van der Waals surface area contributed by atoms with E-state index in [9.17, 15) is 9.90 Å². The quantitative estimate of drug-likeness (QED) is 0.453. The predicted molar refractivity (Wildman–Crippen MR) is 80.2 cm³/mol. The van der Waals surface area contributed by atoms with Crippen LogP contribution in [0.5, 0.6) is 0 Å². The first-order valence-corrected chi connectivity index (χ1v) is 8.17. The summed E-state index contributed by atoms with van der Waals surface area (Å²) in [5.41, 5.74) is 0. The predicted octanol–water partition coefficient (Wildman–Crippen LogP) is -0.791. The molecule has 1 N–H and O–H groups in total. The van der Waals surface area contributed by atoms with Crippen molar-refractivity contribution in [3.05, 3.63) is 0 Å². The van der Waals surface area contributed by atoms with E-state index < -0.39 is 0 Å². The van der Waals surface area contributed by atoms with E-state index in [4.69, 9.17) is 4.74 Å². The molecule has 0 radical (unpaired) electrons. The Bertz CT molecular complexity index is 289. The summed E-state index contributed by atoms with van der Waals surface area (Å²) in [5.74, 6) is -0.185. The van der Waals surface area contributed by atoms with Crippen molar-refractivity contribution in [1.29, 1.82) is 0 Å².